The van der Waals surface area contributed by atoms with Gasteiger partial charge in [0.15, 0.2) is 0 Å². The molecule has 0 bridgehead atoms. The molecule has 0 fully saturated rings. The van der Waals surface area contributed by atoms with Crippen LogP contribution in [0.2, 0.25) is 0 Å². The largest absolute Gasteiger partial charge is 0.383 e. The number of sulfone groups is 1. The minimum Gasteiger partial charge on any atom is -0.383 e. The van der Waals surface area contributed by atoms with Crippen molar-refractivity contribution in [2.75, 3.05) is 38.0 Å². The highest BCUT2D eigenvalue weighted by Gasteiger charge is 2.07. The van der Waals surface area contributed by atoms with Gasteiger partial charge in [0.1, 0.15) is 15.7 Å². The van der Waals surface area contributed by atoms with Gasteiger partial charge in [-0.1, -0.05) is 6.07 Å². The van der Waals surface area contributed by atoms with E-state index >= 15 is 0 Å². The summed E-state index contributed by atoms with van der Waals surface area (Å²) in [5.41, 5.74) is 0.853. The maximum absolute atomic E-state index is 13.8. The Morgan fingerprint density at radius 2 is 2.15 bits per heavy atom. The molecule has 0 spiro atoms. The Bertz CT molecular complexity index is 520. The Balaban J connectivity index is 2.46. The van der Waals surface area contributed by atoms with Crippen LogP contribution in [0.15, 0.2) is 23.1 Å². The van der Waals surface area contributed by atoms with Gasteiger partial charge in [0.05, 0.1) is 12.4 Å². The zero-order chi connectivity index (χ0) is 15.0. The normalized spacial score (nSPS) is 11.8. The van der Waals surface area contributed by atoms with Crippen molar-refractivity contribution in [1.82, 2.24) is 5.32 Å². The van der Waals surface area contributed by atoms with Crippen molar-refractivity contribution in [2.24, 2.45) is 0 Å². The highest BCUT2D eigenvalue weighted by atomic mass is 32.2. The fraction of sp³-hybridized carbons (Fsp3) is 0.538. The van der Waals surface area contributed by atoms with Gasteiger partial charge in [-0.2, -0.15) is 0 Å². The summed E-state index contributed by atoms with van der Waals surface area (Å²) in [6.07, 6.45) is 1.18. The van der Waals surface area contributed by atoms with Crippen LogP contribution in [0, 0.1) is 5.82 Å². The van der Waals surface area contributed by atoms with Crippen molar-refractivity contribution in [1.29, 1.82) is 0 Å². The van der Waals surface area contributed by atoms with Gasteiger partial charge in [0.2, 0.25) is 0 Å². The highest BCUT2D eigenvalue weighted by molar-refractivity contribution is 8.00. The van der Waals surface area contributed by atoms with Crippen LogP contribution < -0.4 is 5.32 Å². The van der Waals surface area contributed by atoms with Crippen molar-refractivity contribution in [3.63, 3.8) is 0 Å². The molecule has 0 saturated carbocycles. The van der Waals surface area contributed by atoms with E-state index in [4.69, 9.17) is 4.74 Å². The maximum atomic E-state index is 13.8. The molecule has 1 aromatic carbocycles. The summed E-state index contributed by atoms with van der Waals surface area (Å²) in [5, 5.41) is 3.13. The first-order chi connectivity index (χ1) is 9.42. The third kappa shape index (κ3) is 7.23. The first-order valence-corrected chi connectivity index (χ1v) is 9.25. The number of hydrogen-bond donors (Lipinski definition) is 1. The van der Waals surface area contributed by atoms with E-state index in [0.29, 0.717) is 30.3 Å². The highest BCUT2D eigenvalue weighted by Crippen LogP contribution is 2.22. The molecule has 7 heteroatoms. The average Bonchev–Trinajstić information content (AvgIpc) is 2.36. The maximum Gasteiger partial charge on any atom is 0.148 e. The number of methoxy groups -OCH3 is 1. The molecule has 114 valence electrons. The molecule has 0 radical (unpaired) electrons. The Hall–Kier alpha value is -0.630. The fourth-order valence-corrected chi connectivity index (χ4v) is 3.61. The second-order valence-corrected chi connectivity index (χ2v) is 7.81. The summed E-state index contributed by atoms with van der Waals surface area (Å²) in [5.74, 6) is 0.105. The molecule has 0 unspecified atom stereocenters. The average molecular weight is 321 g/mol. The third-order valence-electron chi connectivity index (χ3n) is 2.52. The van der Waals surface area contributed by atoms with Crippen molar-refractivity contribution in [3.8, 4) is 0 Å². The lowest BCUT2D eigenvalue weighted by molar-refractivity contribution is 0.199. The summed E-state index contributed by atoms with van der Waals surface area (Å²) in [7, 11) is -1.37. The molecule has 0 atom stereocenters. The van der Waals surface area contributed by atoms with Gasteiger partial charge in [-0.05, 0) is 17.7 Å². The molecule has 20 heavy (non-hydrogen) atoms. The molecule has 0 aliphatic rings. The quantitative estimate of drug-likeness (QED) is 0.554. The van der Waals surface area contributed by atoms with Crippen LogP contribution in [0.1, 0.15) is 5.56 Å². The topological polar surface area (TPSA) is 55.4 Å². The lowest BCUT2D eigenvalue weighted by atomic mass is 10.2. The van der Waals surface area contributed by atoms with Crippen molar-refractivity contribution >= 4 is 21.6 Å². The van der Waals surface area contributed by atoms with Crippen LogP contribution >= 0.6 is 11.8 Å². The van der Waals surface area contributed by atoms with Gasteiger partial charge in [-0.3, -0.25) is 0 Å². The summed E-state index contributed by atoms with van der Waals surface area (Å²) in [4.78, 5) is 0.481. The van der Waals surface area contributed by atoms with Crippen LogP contribution in [0.25, 0.3) is 0 Å². The van der Waals surface area contributed by atoms with Gasteiger partial charge < -0.3 is 10.1 Å². The molecule has 0 amide bonds. The molecular formula is C13H20FNO3S2. The Morgan fingerprint density at radius 3 is 2.75 bits per heavy atom. The van der Waals surface area contributed by atoms with Gasteiger partial charge >= 0.3 is 0 Å². The van der Waals surface area contributed by atoms with E-state index < -0.39 is 9.84 Å². The third-order valence-corrected chi connectivity index (χ3v) is 4.77. The fourth-order valence-electron chi connectivity index (χ4n) is 1.48. The molecule has 1 N–H and O–H groups in total. The predicted octanol–water partition coefficient (Wildman–Crippen LogP) is 1.70. The monoisotopic (exact) mass is 321 g/mol. The predicted molar refractivity (Wildman–Crippen MR) is 80.4 cm³/mol. The minimum absolute atomic E-state index is 0.0530. The number of hydrogen-bond acceptors (Lipinski definition) is 5. The van der Waals surface area contributed by atoms with E-state index in [9.17, 15) is 12.8 Å². The minimum atomic E-state index is -3.00. The van der Waals surface area contributed by atoms with Crippen LogP contribution in [0.5, 0.6) is 0 Å². The number of benzene rings is 1. The zero-order valence-electron chi connectivity index (χ0n) is 11.7. The number of ether oxygens (including phenoxy) is 1. The molecule has 0 aliphatic heterocycles. The summed E-state index contributed by atoms with van der Waals surface area (Å²) >= 11 is 1.22. The second-order valence-electron chi connectivity index (χ2n) is 4.41. The van der Waals surface area contributed by atoms with Crippen LogP contribution in [0.3, 0.4) is 0 Å². The second kappa shape index (κ2) is 8.61. The van der Waals surface area contributed by atoms with Crippen LogP contribution in [0.4, 0.5) is 4.39 Å². The Kier molecular flexibility index (Phi) is 7.50. The first kappa shape index (κ1) is 17.4. The molecule has 4 nitrogen and oxygen atoms in total. The SMILES string of the molecule is COCCNCc1ccc(SCCS(C)(=O)=O)c(F)c1. The van der Waals surface area contributed by atoms with E-state index in [1.807, 2.05) is 6.07 Å². The summed E-state index contributed by atoms with van der Waals surface area (Å²) < 4.78 is 40.7. The van der Waals surface area contributed by atoms with Gasteiger partial charge in [-0.25, -0.2) is 12.8 Å². The van der Waals surface area contributed by atoms with Crippen LogP contribution in [-0.4, -0.2) is 46.4 Å². The van der Waals surface area contributed by atoms with E-state index in [-0.39, 0.29) is 11.6 Å². The van der Waals surface area contributed by atoms with Gasteiger partial charge in [0, 0.05) is 37.1 Å². The molecule has 0 aromatic heterocycles. The van der Waals surface area contributed by atoms with Crippen molar-refractivity contribution in [2.45, 2.75) is 11.4 Å². The van der Waals surface area contributed by atoms with Crippen LogP contribution in [-0.2, 0) is 21.1 Å². The number of thioether (sulfide) groups is 1. The van der Waals surface area contributed by atoms with Crippen molar-refractivity contribution in [3.05, 3.63) is 29.6 Å². The van der Waals surface area contributed by atoms with E-state index in [1.165, 1.54) is 24.1 Å². The lowest BCUT2D eigenvalue weighted by Crippen LogP contribution is -2.18. The number of rotatable bonds is 9. The first-order valence-electron chi connectivity index (χ1n) is 6.21. The Labute approximate surface area is 124 Å². The van der Waals surface area contributed by atoms with E-state index in [0.717, 1.165) is 5.56 Å². The Morgan fingerprint density at radius 1 is 1.40 bits per heavy atom. The van der Waals surface area contributed by atoms with E-state index in [1.54, 1.807) is 13.2 Å². The summed E-state index contributed by atoms with van der Waals surface area (Å²) in [6.45, 7) is 1.90. The van der Waals surface area contributed by atoms with Gasteiger partial charge in [0.25, 0.3) is 0 Å². The molecule has 1 rings (SSSR count). The molecule has 0 heterocycles. The van der Waals surface area contributed by atoms with E-state index in [2.05, 4.69) is 5.32 Å². The summed E-state index contributed by atoms with van der Waals surface area (Å²) in [6, 6.07) is 5.00. The molecule has 0 saturated heterocycles. The molecule has 0 aliphatic carbocycles. The number of nitrogens with one attached hydrogen (secondary N) is 1. The molecule has 1 aromatic rings. The lowest BCUT2D eigenvalue weighted by Gasteiger charge is -2.07. The van der Waals surface area contributed by atoms with Gasteiger partial charge in [-0.15, -0.1) is 11.8 Å². The standard InChI is InChI=1S/C13H20FNO3S2/c1-18-6-5-15-10-11-3-4-13(12(14)9-11)19-7-8-20(2,16)17/h3-4,9,15H,5-8,10H2,1-2H3. The number of halogens is 1. The zero-order valence-corrected chi connectivity index (χ0v) is 13.3. The smallest absolute Gasteiger partial charge is 0.148 e. The molecular weight excluding hydrogens is 301 g/mol. The van der Waals surface area contributed by atoms with Crippen molar-refractivity contribution < 1.29 is 17.5 Å².